The van der Waals surface area contributed by atoms with E-state index in [1.807, 2.05) is 17.0 Å². The van der Waals surface area contributed by atoms with Crippen molar-refractivity contribution >= 4 is 23.1 Å². The highest BCUT2D eigenvalue weighted by Crippen LogP contribution is 2.30. The van der Waals surface area contributed by atoms with Gasteiger partial charge < -0.3 is 19.7 Å². The summed E-state index contributed by atoms with van der Waals surface area (Å²) in [7, 11) is 0. The Morgan fingerprint density at radius 1 is 1.00 bits per heavy atom. The number of halogens is 2. The molecule has 0 radical (unpaired) electrons. The third-order valence-corrected chi connectivity index (χ3v) is 5.23. The van der Waals surface area contributed by atoms with E-state index in [-0.39, 0.29) is 5.82 Å². The van der Waals surface area contributed by atoms with Gasteiger partial charge in [0.15, 0.2) is 5.84 Å². The van der Waals surface area contributed by atoms with Crippen molar-refractivity contribution in [1.82, 2.24) is 9.88 Å². The number of anilines is 1. The molecule has 30 heavy (non-hydrogen) atoms. The molecular formula is C22H20ClFN4O2. The van der Waals surface area contributed by atoms with Crippen molar-refractivity contribution in [3.8, 4) is 11.6 Å². The molecule has 1 aromatic heterocycles. The number of oxime groups is 1. The van der Waals surface area contributed by atoms with E-state index in [4.69, 9.17) is 16.3 Å². The SMILES string of the molecule is O/N=C(/c1cccnc1Oc1ccccc1Cl)N1CCN(c2ccc(F)cc2)CC1. The molecule has 2 aromatic carbocycles. The molecule has 1 fully saturated rings. The van der Waals surface area contributed by atoms with Crippen molar-refractivity contribution in [2.24, 2.45) is 5.16 Å². The zero-order valence-electron chi connectivity index (χ0n) is 16.1. The van der Waals surface area contributed by atoms with Gasteiger partial charge in [0.25, 0.3) is 0 Å². The first-order valence-corrected chi connectivity index (χ1v) is 9.89. The van der Waals surface area contributed by atoms with Crippen LogP contribution in [0.2, 0.25) is 5.02 Å². The maximum absolute atomic E-state index is 13.2. The molecule has 3 aromatic rings. The largest absolute Gasteiger partial charge is 0.437 e. The minimum Gasteiger partial charge on any atom is -0.437 e. The van der Waals surface area contributed by atoms with Crippen molar-refractivity contribution in [2.75, 3.05) is 31.1 Å². The number of ether oxygens (including phenoxy) is 1. The topological polar surface area (TPSA) is 61.2 Å². The predicted octanol–water partition coefficient (Wildman–Crippen LogP) is 4.62. The van der Waals surface area contributed by atoms with Crippen LogP contribution in [-0.4, -0.2) is 47.1 Å². The highest BCUT2D eigenvalue weighted by atomic mass is 35.5. The van der Waals surface area contributed by atoms with Gasteiger partial charge in [0.1, 0.15) is 11.6 Å². The minimum atomic E-state index is -0.255. The highest BCUT2D eigenvalue weighted by Gasteiger charge is 2.24. The van der Waals surface area contributed by atoms with Crippen LogP contribution in [0.15, 0.2) is 72.0 Å². The second-order valence-corrected chi connectivity index (χ2v) is 7.17. The summed E-state index contributed by atoms with van der Waals surface area (Å²) in [6.45, 7) is 2.64. The average molecular weight is 427 g/mol. The molecule has 0 spiro atoms. The molecule has 8 heteroatoms. The number of piperazine rings is 1. The van der Waals surface area contributed by atoms with Crippen LogP contribution in [0, 0.1) is 5.82 Å². The lowest BCUT2D eigenvalue weighted by Gasteiger charge is -2.37. The number of rotatable bonds is 4. The van der Waals surface area contributed by atoms with Gasteiger partial charge in [-0.3, -0.25) is 0 Å². The molecule has 0 saturated carbocycles. The van der Waals surface area contributed by atoms with Crippen molar-refractivity contribution in [1.29, 1.82) is 0 Å². The number of hydrogen-bond acceptors (Lipinski definition) is 5. The fraction of sp³-hybridized carbons (Fsp3) is 0.182. The average Bonchev–Trinajstić information content (AvgIpc) is 2.78. The Labute approximate surface area is 178 Å². The molecule has 0 aliphatic carbocycles. The molecule has 1 saturated heterocycles. The Morgan fingerprint density at radius 2 is 1.73 bits per heavy atom. The first kappa shape index (κ1) is 20.0. The summed E-state index contributed by atoms with van der Waals surface area (Å²) in [5, 5.41) is 13.8. The van der Waals surface area contributed by atoms with Gasteiger partial charge in [0.2, 0.25) is 5.88 Å². The van der Waals surface area contributed by atoms with Crippen LogP contribution < -0.4 is 9.64 Å². The van der Waals surface area contributed by atoms with Crippen molar-refractivity contribution in [3.05, 3.63) is 83.3 Å². The fourth-order valence-corrected chi connectivity index (χ4v) is 3.56. The Hall–Kier alpha value is -3.32. The molecule has 1 aliphatic heterocycles. The number of aromatic nitrogens is 1. The first-order valence-electron chi connectivity index (χ1n) is 9.51. The van der Waals surface area contributed by atoms with Gasteiger partial charge in [-0.15, -0.1) is 0 Å². The van der Waals surface area contributed by atoms with Crippen LogP contribution in [0.3, 0.4) is 0 Å². The molecule has 0 unspecified atom stereocenters. The molecule has 1 aliphatic rings. The monoisotopic (exact) mass is 426 g/mol. The summed E-state index contributed by atoms with van der Waals surface area (Å²) < 4.78 is 19.1. The van der Waals surface area contributed by atoms with Gasteiger partial charge in [-0.05, 0) is 48.5 Å². The lowest BCUT2D eigenvalue weighted by Crippen LogP contribution is -2.49. The number of benzene rings is 2. The fourth-order valence-electron chi connectivity index (χ4n) is 3.39. The van der Waals surface area contributed by atoms with Crippen molar-refractivity contribution in [2.45, 2.75) is 0 Å². The summed E-state index contributed by atoms with van der Waals surface area (Å²) in [6.07, 6.45) is 1.61. The van der Waals surface area contributed by atoms with E-state index in [0.29, 0.717) is 54.2 Å². The molecular weight excluding hydrogens is 407 g/mol. The Balaban J connectivity index is 1.51. The van der Waals surface area contributed by atoms with Gasteiger partial charge in [-0.1, -0.05) is 28.9 Å². The number of pyridine rings is 1. The number of nitrogens with zero attached hydrogens (tertiary/aromatic N) is 4. The quantitative estimate of drug-likeness (QED) is 0.285. The zero-order valence-corrected chi connectivity index (χ0v) is 16.8. The van der Waals surface area contributed by atoms with Crippen molar-refractivity contribution in [3.63, 3.8) is 0 Å². The van der Waals surface area contributed by atoms with Crippen LogP contribution in [0.5, 0.6) is 11.6 Å². The standard InChI is InChI=1S/C22H20ClFN4O2/c23-19-5-1-2-6-20(19)30-22-18(4-3-11-25-22)21(26-29)28-14-12-27(13-15-28)17-9-7-16(24)8-10-17/h1-11,29H,12-15H2/b26-21-. The van der Waals surface area contributed by atoms with Gasteiger partial charge in [-0.2, -0.15) is 0 Å². The molecule has 6 nitrogen and oxygen atoms in total. The second kappa shape index (κ2) is 9.00. The Kier molecular flexibility index (Phi) is 5.99. The number of amidine groups is 1. The Morgan fingerprint density at radius 3 is 2.43 bits per heavy atom. The summed E-state index contributed by atoms with van der Waals surface area (Å²) in [5.41, 5.74) is 1.53. The van der Waals surface area contributed by atoms with E-state index in [1.54, 1.807) is 42.6 Å². The molecule has 2 heterocycles. The van der Waals surface area contributed by atoms with Crippen molar-refractivity contribution < 1.29 is 14.3 Å². The van der Waals surface area contributed by atoms with E-state index < -0.39 is 0 Å². The van der Waals surface area contributed by atoms with Crippen LogP contribution in [-0.2, 0) is 0 Å². The van der Waals surface area contributed by atoms with E-state index in [2.05, 4.69) is 15.0 Å². The van der Waals surface area contributed by atoms with Crippen LogP contribution in [0.1, 0.15) is 5.56 Å². The number of hydrogen-bond donors (Lipinski definition) is 1. The second-order valence-electron chi connectivity index (χ2n) is 6.76. The lowest BCUT2D eigenvalue weighted by atomic mass is 10.2. The summed E-state index contributed by atoms with van der Waals surface area (Å²) >= 11 is 6.20. The van der Waals surface area contributed by atoms with Crippen LogP contribution in [0.4, 0.5) is 10.1 Å². The van der Waals surface area contributed by atoms with Crippen LogP contribution in [0.25, 0.3) is 0 Å². The first-order chi connectivity index (χ1) is 14.7. The molecule has 4 rings (SSSR count). The molecule has 0 amide bonds. The number of para-hydroxylation sites is 1. The molecule has 0 atom stereocenters. The Bertz CT molecular complexity index is 1040. The van der Waals surface area contributed by atoms with Gasteiger partial charge in [0.05, 0.1) is 10.6 Å². The summed E-state index contributed by atoms with van der Waals surface area (Å²) in [6, 6.07) is 17.1. The lowest BCUT2D eigenvalue weighted by molar-refractivity contribution is 0.295. The van der Waals surface area contributed by atoms with E-state index in [1.165, 1.54) is 12.1 Å². The molecule has 0 bridgehead atoms. The normalized spacial score (nSPS) is 14.7. The van der Waals surface area contributed by atoms with Gasteiger partial charge in [-0.25, -0.2) is 9.37 Å². The third kappa shape index (κ3) is 4.31. The molecule has 154 valence electrons. The smallest absolute Gasteiger partial charge is 0.230 e. The maximum atomic E-state index is 13.2. The highest BCUT2D eigenvalue weighted by molar-refractivity contribution is 6.32. The predicted molar refractivity (Wildman–Crippen MR) is 114 cm³/mol. The van der Waals surface area contributed by atoms with Gasteiger partial charge in [0, 0.05) is 38.1 Å². The summed E-state index contributed by atoms with van der Waals surface area (Å²) in [5.74, 6) is 0.899. The zero-order chi connectivity index (χ0) is 20.9. The van der Waals surface area contributed by atoms with E-state index in [0.717, 1.165) is 5.69 Å². The molecule has 1 N–H and O–H groups in total. The van der Waals surface area contributed by atoms with E-state index in [9.17, 15) is 9.60 Å². The van der Waals surface area contributed by atoms with E-state index >= 15 is 0 Å². The van der Waals surface area contributed by atoms with Crippen LogP contribution >= 0.6 is 11.6 Å². The minimum absolute atomic E-state index is 0.255. The maximum Gasteiger partial charge on any atom is 0.230 e. The summed E-state index contributed by atoms with van der Waals surface area (Å²) in [4.78, 5) is 8.43. The third-order valence-electron chi connectivity index (χ3n) is 4.92. The van der Waals surface area contributed by atoms with Gasteiger partial charge >= 0.3 is 0 Å².